The Bertz CT molecular complexity index is 1310. The number of hydrogen-bond acceptors (Lipinski definition) is 7. The minimum absolute atomic E-state index is 0.0344. The van der Waals surface area contributed by atoms with Crippen LogP contribution in [0.5, 0.6) is 0 Å². The van der Waals surface area contributed by atoms with E-state index in [1.807, 2.05) is 0 Å². The molecule has 3 heterocycles. The van der Waals surface area contributed by atoms with Crippen molar-refractivity contribution < 1.29 is 36.0 Å². The second-order valence-electron chi connectivity index (χ2n) is 7.91. The lowest BCUT2D eigenvalue weighted by Gasteiger charge is -2.34. The van der Waals surface area contributed by atoms with E-state index < -0.39 is 42.4 Å². The number of hydrogen-bond donors (Lipinski definition) is 0. The van der Waals surface area contributed by atoms with Gasteiger partial charge in [-0.1, -0.05) is 5.92 Å². The van der Waals surface area contributed by atoms with Crippen LogP contribution in [0.1, 0.15) is 19.8 Å². The minimum Gasteiger partial charge on any atom is -0.361 e. The van der Waals surface area contributed by atoms with E-state index in [0.717, 1.165) is 14.2 Å². The number of hydroxylamine groups is 2. The fourth-order valence-electron chi connectivity index (χ4n) is 3.68. The van der Waals surface area contributed by atoms with Crippen LogP contribution in [-0.2, 0) is 29.8 Å². The quantitative estimate of drug-likeness (QED) is 0.417. The molecule has 0 aliphatic carbocycles. The third-order valence-electron chi connectivity index (χ3n) is 5.43. The molecule has 2 aromatic heterocycles. The highest BCUT2D eigenvalue weighted by atomic mass is 19.4. The van der Waals surface area contributed by atoms with Gasteiger partial charge in [0.25, 0.3) is 5.56 Å². The first-order valence-electron chi connectivity index (χ1n) is 10.7. The molecule has 0 amide bonds. The highest BCUT2D eigenvalue weighted by molar-refractivity contribution is 5.76. The Balaban J connectivity index is 1.99. The van der Waals surface area contributed by atoms with Gasteiger partial charge in [-0.05, 0) is 13.3 Å². The van der Waals surface area contributed by atoms with Crippen molar-refractivity contribution in [2.75, 3.05) is 31.1 Å². The minimum atomic E-state index is -5.15. The average molecular weight is 524 g/mol. The number of rotatable bonds is 6. The number of carbonyl (C=O) groups is 1. The summed E-state index contributed by atoms with van der Waals surface area (Å²) in [5.41, 5.74) is -1.73. The summed E-state index contributed by atoms with van der Waals surface area (Å²) in [6, 6.07) is 0. The van der Waals surface area contributed by atoms with E-state index in [9.17, 15) is 40.7 Å². The first kappa shape index (κ1) is 27.1. The maximum Gasteiger partial charge on any atom is 0.492 e. The van der Waals surface area contributed by atoms with E-state index in [1.54, 1.807) is 11.8 Å². The molecular formula is C20H22F6N6O4. The number of imidazole rings is 1. The van der Waals surface area contributed by atoms with Crippen molar-refractivity contribution in [2.24, 2.45) is 7.05 Å². The molecule has 0 N–H and O–H groups in total. The highest BCUT2D eigenvalue weighted by Gasteiger charge is 2.43. The van der Waals surface area contributed by atoms with Gasteiger partial charge in [0.2, 0.25) is 5.95 Å². The Morgan fingerprint density at radius 1 is 1.06 bits per heavy atom. The summed E-state index contributed by atoms with van der Waals surface area (Å²) in [5, 5.41) is 0.845. The van der Waals surface area contributed by atoms with Crippen molar-refractivity contribution in [1.82, 2.24) is 23.7 Å². The molecule has 36 heavy (non-hydrogen) atoms. The van der Waals surface area contributed by atoms with Crippen molar-refractivity contribution in [3.63, 3.8) is 0 Å². The fourth-order valence-corrected chi connectivity index (χ4v) is 3.68. The normalized spacial score (nSPS) is 15.2. The van der Waals surface area contributed by atoms with Gasteiger partial charge in [-0.2, -0.15) is 31.3 Å². The van der Waals surface area contributed by atoms with Crippen molar-refractivity contribution in [3.05, 3.63) is 20.8 Å². The second kappa shape index (κ2) is 10.2. The number of piperazine rings is 1. The molecule has 0 saturated carbocycles. The number of fused-ring (bicyclic) bond motifs is 1. The van der Waals surface area contributed by atoms with Gasteiger partial charge in [0, 0.05) is 33.1 Å². The summed E-state index contributed by atoms with van der Waals surface area (Å²) in [6.07, 6.45) is -11.1. The number of halogens is 6. The zero-order valence-electron chi connectivity index (χ0n) is 19.2. The zero-order valence-corrected chi connectivity index (χ0v) is 19.2. The number of carbonyl (C=O) groups excluding carboxylic acids is 1. The lowest BCUT2D eigenvalue weighted by molar-refractivity contribution is -0.239. The van der Waals surface area contributed by atoms with Crippen LogP contribution < -0.4 is 16.1 Å². The molecule has 10 nitrogen and oxygen atoms in total. The van der Waals surface area contributed by atoms with Crippen LogP contribution in [0, 0.1) is 11.8 Å². The average Bonchev–Trinajstić information content (AvgIpc) is 3.16. The van der Waals surface area contributed by atoms with E-state index in [4.69, 9.17) is 0 Å². The Labute approximate surface area is 199 Å². The molecule has 2 aromatic rings. The van der Waals surface area contributed by atoms with Crippen molar-refractivity contribution >= 4 is 23.1 Å². The molecule has 1 aliphatic rings. The summed E-state index contributed by atoms with van der Waals surface area (Å²) in [7, 11) is 1.20. The van der Waals surface area contributed by atoms with E-state index in [2.05, 4.69) is 21.7 Å². The molecule has 1 aliphatic heterocycles. The third-order valence-corrected chi connectivity index (χ3v) is 5.43. The molecule has 0 spiro atoms. The standard InChI is InChI=1S/C20H22F6N6O4/c1-3-4-7-31-13-14(32(8-5-6-19(21,22)23)18(35)28(2)15(13)33)27-17(31)29-9-11-30(12-10-29)36-16(34)20(24,25)26/h5-12H2,1-2H3. The third kappa shape index (κ3) is 5.83. The predicted molar refractivity (Wildman–Crippen MR) is 114 cm³/mol. The molecule has 1 saturated heterocycles. The molecule has 1 fully saturated rings. The van der Waals surface area contributed by atoms with Gasteiger partial charge in [0.15, 0.2) is 11.2 Å². The largest absolute Gasteiger partial charge is 0.492 e. The number of alkyl halides is 6. The Hall–Kier alpha value is -3.48. The molecular weight excluding hydrogens is 502 g/mol. The van der Waals surface area contributed by atoms with Gasteiger partial charge in [-0.3, -0.25) is 18.5 Å². The molecule has 198 valence electrons. The number of nitrogens with zero attached hydrogens (tertiary/aromatic N) is 6. The predicted octanol–water partition coefficient (Wildman–Crippen LogP) is 1.40. The fraction of sp³-hybridized carbons (Fsp3) is 0.600. The van der Waals surface area contributed by atoms with Gasteiger partial charge in [0.05, 0.1) is 19.6 Å². The second-order valence-corrected chi connectivity index (χ2v) is 7.91. The summed E-state index contributed by atoms with van der Waals surface area (Å²) >= 11 is 0. The van der Waals surface area contributed by atoms with E-state index >= 15 is 0 Å². The summed E-state index contributed by atoms with van der Waals surface area (Å²) in [5.74, 6) is 3.24. The summed E-state index contributed by atoms with van der Waals surface area (Å²) < 4.78 is 78.6. The highest BCUT2D eigenvalue weighted by Crippen LogP contribution is 2.24. The smallest absolute Gasteiger partial charge is 0.361 e. The molecule has 0 atom stereocenters. The van der Waals surface area contributed by atoms with Crippen LogP contribution in [0.15, 0.2) is 9.59 Å². The van der Waals surface area contributed by atoms with Gasteiger partial charge < -0.3 is 9.74 Å². The summed E-state index contributed by atoms with van der Waals surface area (Å²) in [6.45, 7) is 0.987. The maximum atomic E-state index is 13.0. The number of aryl methyl sites for hydroxylation is 1. The maximum absolute atomic E-state index is 13.0. The molecule has 16 heteroatoms. The van der Waals surface area contributed by atoms with Gasteiger partial charge in [0.1, 0.15) is 0 Å². The van der Waals surface area contributed by atoms with Crippen LogP contribution >= 0.6 is 0 Å². The van der Waals surface area contributed by atoms with Crippen LogP contribution in [0.4, 0.5) is 32.3 Å². The SMILES string of the molecule is CC#CCn1c(N2CCN(OC(=O)C(F)(F)F)CC2)nc2c1c(=O)n(C)c(=O)n2CCCC(F)(F)F. The Kier molecular flexibility index (Phi) is 7.72. The van der Waals surface area contributed by atoms with Gasteiger partial charge in [-0.15, -0.1) is 11.0 Å². The van der Waals surface area contributed by atoms with Crippen LogP contribution in [0.2, 0.25) is 0 Å². The van der Waals surface area contributed by atoms with Gasteiger partial charge in [-0.25, -0.2) is 9.59 Å². The molecule has 0 radical (unpaired) electrons. The number of anilines is 1. The van der Waals surface area contributed by atoms with Crippen molar-refractivity contribution in [2.45, 2.75) is 45.2 Å². The van der Waals surface area contributed by atoms with Crippen LogP contribution in [-0.4, -0.2) is 68.2 Å². The Morgan fingerprint density at radius 2 is 1.69 bits per heavy atom. The topological polar surface area (TPSA) is 94.6 Å². The number of aromatic nitrogens is 4. The summed E-state index contributed by atoms with van der Waals surface area (Å²) in [4.78, 5) is 47.1. The van der Waals surface area contributed by atoms with Crippen molar-refractivity contribution in [1.29, 1.82) is 0 Å². The van der Waals surface area contributed by atoms with E-state index in [0.29, 0.717) is 0 Å². The molecule has 0 unspecified atom stereocenters. The van der Waals surface area contributed by atoms with E-state index in [1.165, 1.54) is 11.6 Å². The van der Waals surface area contributed by atoms with Crippen LogP contribution in [0.25, 0.3) is 11.2 Å². The lowest BCUT2D eigenvalue weighted by atomic mass is 10.3. The van der Waals surface area contributed by atoms with E-state index in [-0.39, 0.29) is 56.4 Å². The first-order valence-corrected chi connectivity index (χ1v) is 10.7. The first-order chi connectivity index (χ1) is 16.7. The molecule has 0 bridgehead atoms. The molecule has 3 rings (SSSR count). The van der Waals surface area contributed by atoms with Crippen LogP contribution in [0.3, 0.4) is 0 Å². The van der Waals surface area contributed by atoms with Crippen molar-refractivity contribution in [3.8, 4) is 11.8 Å². The Morgan fingerprint density at radius 3 is 2.25 bits per heavy atom. The lowest BCUT2D eigenvalue weighted by Crippen LogP contribution is -2.49. The van der Waals surface area contributed by atoms with Gasteiger partial charge >= 0.3 is 24.0 Å². The zero-order chi connectivity index (χ0) is 26.8. The molecule has 0 aromatic carbocycles. The monoisotopic (exact) mass is 524 g/mol.